The van der Waals surface area contributed by atoms with Gasteiger partial charge in [-0.2, -0.15) is 0 Å². The Labute approximate surface area is 121 Å². The number of hydrogen-bond acceptors (Lipinski definition) is 4. The summed E-state index contributed by atoms with van der Waals surface area (Å²) in [5.74, 6) is 0. The van der Waals surface area contributed by atoms with E-state index < -0.39 is 4.92 Å². The second-order valence-electron chi connectivity index (χ2n) is 4.46. The van der Waals surface area contributed by atoms with Gasteiger partial charge in [-0.1, -0.05) is 35.2 Å². The molecule has 2 N–H and O–H groups in total. The van der Waals surface area contributed by atoms with E-state index in [1.807, 2.05) is 7.11 Å². The fraction of sp³-hybridized carbons (Fsp3) is 0.538. The first-order valence-electron chi connectivity index (χ1n) is 6.26. The van der Waals surface area contributed by atoms with Gasteiger partial charge in [0.25, 0.3) is 5.69 Å². The van der Waals surface area contributed by atoms with Gasteiger partial charge >= 0.3 is 0 Å². The van der Waals surface area contributed by atoms with E-state index in [9.17, 15) is 10.1 Å². The Balaban J connectivity index is 0.000000200. The van der Waals surface area contributed by atoms with Crippen LogP contribution < -0.4 is 5.73 Å². The van der Waals surface area contributed by atoms with Crippen molar-refractivity contribution < 1.29 is 9.66 Å². The molecule has 0 atom stereocenters. The van der Waals surface area contributed by atoms with Crippen molar-refractivity contribution in [2.75, 3.05) is 12.8 Å². The highest BCUT2D eigenvalue weighted by Crippen LogP contribution is 2.24. The van der Waals surface area contributed by atoms with Crippen LogP contribution in [-0.2, 0) is 4.74 Å². The van der Waals surface area contributed by atoms with E-state index in [2.05, 4.69) is 15.9 Å². The molecule has 5 nitrogen and oxygen atoms in total. The number of nitrogens with zero attached hydrogens (tertiary/aromatic N) is 1. The van der Waals surface area contributed by atoms with E-state index in [-0.39, 0.29) is 11.4 Å². The fourth-order valence-electron chi connectivity index (χ4n) is 1.98. The zero-order valence-corrected chi connectivity index (χ0v) is 12.6. The predicted octanol–water partition coefficient (Wildman–Crippen LogP) is 3.91. The van der Waals surface area contributed by atoms with Crippen LogP contribution >= 0.6 is 15.9 Å². The number of methoxy groups -OCH3 is 1. The van der Waals surface area contributed by atoms with Crippen LogP contribution in [0.2, 0.25) is 0 Å². The topological polar surface area (TPSA) is 78.4 Å². The van der Waals surface area contributed by atoms with Gasteiger partial charge in [-0.3, -0.25) is 10.1 Å². The first-order valence-corrected chi connectivity index (χ1v) is 7.06. The largest absolute Gasteiger partial charge is 0.393 e. The number of benzene rings is 1. The maximum atomic E-state index is 10.3. The lowest BCUT2D eigenvalue weighted by atomic mass is 9.98. The van der Waals surface area contributed by atoms with Gasteiger partial charge in [0, 0.05) is 17.6 Å². The van der Waals surface area contributed by atoms with E-state index in [0.29, 0.717) is 10.6 Å². The number of hydrogen-bond donors (Lipinski definition) is 1. The molecule has 1 aliphatic carbocycles. The summed E-state index contributed by atoms with van der Waals surface area (Å²) < 4.78 is 5.84. The smallest absolute Gasteiger partial charge is 0.293 e. The Bertz CT molecular complexity index is 420. The molecule has 0 aromatic heterocycles. The average molecular weight is 331 g/mol. The molecule has 106 valence electrons. The zero-order chi connectivity index (χ0) is 14.3. The molecule has 0 heterocycles. The molecule has 0 aliphatic heterocycles. The minimum absolute atomic E-state index is 0.0700. The number of nitrogen functional groups attached to an aromatic ring is 1. The maximum Gasteiger partial charge on any atom is 0.293 e. The molecular weight excluding hydrogens is 312 g/mol. The Kier molecular flexibility index (Phi) is 6.80. The van der Waals surface area contributed by atoms with E-state index in [0.717, 1.165) is 0 Å². The highest BCUT2D eigenvalue weighted by molar-refractivity contribution is 9.10. The van der Waals surface area contributed by atoms with Gasteiger partial charge in [-0.25, -0.2) is 0 Å². The molecule has 0 bridgehead atoms. The van der Waals surface area contributed by atoms with Crippen molar-refractivity contribution in [3.8, 4) is 0 Å². The van der Waals surface area contributed by atoms with Crippen molar-refractivity contribution in [1.82, 2.24) is 0 Å². The zero-order valence-electron chi connectivity index (χ0n) is 11.0. The molecule has 0 amide bonds. The van der Waals surface area contributed by atoms with Crippen LogP contribution in [0, 0.1) is 10.1 Å². The van der Waals surface area contributed by atoms with Crippen LogP contribution in [0.5, 0.6) is 0 Å². The van der Waals surface area contributed by atoms with E-state index in [4.69, 9.17) is 10.5 Å². The standard InChI is InChI=1S/C7H14O.C6H5BrN2O2/c1-8-7-5-3-2-4-6-7;7-4-1-2-5(8)6(3-4)9(10)11/h7H,2-6H2,1H3;1-3H,8H2. The highest BCUT2D eigenvalue weighted by Gasteiger charge is 2.11. The normalized spacial score (nSPS) is 15.5. The second kappa shape index (κ2) is 8.12. The van der Waals surface area contributed by atoms with Crippen molar-refractivity contribution in [3.05, 3.63) is 32.8 Å². The summed E-state index contributed by atoms with van der Waals surface area (Å²) in [5, 5.41) is 10.3. The second-order valence-corrected chi connectivity index (χ2v) is 5.37. The third kappa shape index (κ3) is 5.57. The summed E-state index contributed by atoms with van der Waals surface area (Å²) in [7, 11) is 1.82. The summed E-state index contributed by atoms with van der Waals surface area (Å²) in [6.45, 7) is 0. The lowest BCUT2D eigenvalue weighted by molar-refractivity contribution is -0.384. The minimum atomic E-state index is -0.514. The molecule has 0 spiro atoms. The first kappa shape index (κ1) is 15.9. The number of anilines is 1. The van der Waals surface area contributed by atoms with Crippen molar-refractivity contribution in [2.24, 2.45) is 0 Å². The number of rotatable bonds is 2. The van der Waals surface area contributed by atoms with Crippen LogP contribution in [0.25, 0.3) is 0 Å². The van der Waals surface area contributed by atoms with Crippen molar-refractivity contribution in [2.45, 2.75) is 38.2 Å². The number of halogens is 1. The van der Waals surface area contributed by atoms with E-state index >= 15 is 0 Å². The lowest BCUT2D eigenvalue weighted by Crippen LogP contribution is -2.13. The number of nitrogens with two attached hydrogens (primary N) is 1. The van der Waals surface area contributed by atoms with Crippen molar-refractivity contribution in [3.63, 3.8) is 0 Å². The van der Waals surface area contributed by atoms with Gasteiger partial charge in [0.05, 0.1) is 11.0 Å². The number of nitro groups is 1. The SMILES string of the molecule is COC1CCCCC1.Nc1ccc(Br)cc1[N+](=O)[O-]. The van der Waals surface area contributed by atoms with Crippen molar-refractivity contribution in [1.29, 1.82) is 0 Å². The maximum absolute atomic E-state index is 10.3. The lowest BCUT2D eigenvalue weighted by Gasteiger charge is -2.19. The highest BCUT2D eigenvalue weighted by atomic mass is 79.9. The van der Waals surface area contributed by atoms with Gasteiger partial charge in [0.2, 0.25) is 0 Å². The summed E-state index contributed by atoms with van der Waals surface area (Å²) in [5.41, 5.74) is 5.44. The van der Waals surface area contributed by atoms with Crippen LogP contribution in [0.15, 0.2) is 22.7 Å². The summed E-state index contributed by atoms with van der Waals surface area (Å²) in [6, 6.07) is 4.51. The van der Waals surface area contributed by atoms with Crippen LogP contribution in [-0.4, -0.2) is 18.1 Å². The molecule has 19 heavy (non-hydrogen) atoms. The van der Waals surface area contributed by atoms with Crippen LogP contribution in [0.1, 0.15) is 32.1 Å². The quantitative estimate of drug-likeness (QED) is 0.506. The summed E-state index contributed by atoms with van der Waals surface area (Å²) in [4.78, 5) is 9.76. The van der Waals surface area contributed by atoms with Crippen LogP contribution in [0.3, 0.4) is 0 Å². The fourth-order valence-corrected chi connectivity index (χ4v) is 2.32. The first-order chi connectivity index (χ1) is 9.04. The molecule has 1 aromatic rings. The summed E-state index contributed by atoms with van der Waals surface area (Å²) >= 11 is 3.10. The van der Waals surface area contributed by atoms with Gasteiger partial charge < -0.3 is 10.5 Å². The Morgan fingerprint density at radius 3 is 2.42 bits per heavy atom. The minimum Gasteiger partial charge on any atom is -0.393 e. The third-order valence-electron chi connectivity index (χ3n) is 3.07. The molecule has 2 rings (SSSR count). The Morgan fingerprint density at radius 1 is 1.37 bits per heavy atom. The van der Waals surface area contributed by atoms with Gasteiger partial charge in [0.15, 0.2) is 0 Å². The van der Waals surface area contributed by atoms with Crippen LogP contribution in [0.4, 0.5) is 11.4 Å². The molecule has 1 aromatic carbocycles. The molecule has 0 saturated heterocycles. The average Bonchev–Trinajstić information content (AvgIpc) is 2.43. The molecule has 1 saturated carbocycles. The molecular formula is C13H19BrN2O3. The predicted molar refractivity (Wildman–Crippen MR) is 79.1 cm³/mol. The monoisotopic (exact) mass is 330 g/mol. The Hall–Kier alpha value is -1.14. The van der Waals surface area contributed by atoms with E-state index in [1.54, 1.807) is 6.07 Å². The van der Waals surface area contributed by atoms with E-state index in [1.165, 1.54) is 44.2 Å². The molecule has 1 fully saturated rings. The third-order valence-corrected chi connectivity index (χ3v) is 3.57. The molecule has 6 heteroatoms. The molecule has 0 radical (unpaired) electrons. The molecule has 1 aliphatic rings. The van der Waals surface area contributed by atoms with Gasteiger partial charge in [0.1, 0.15) is 5.69 Å². The molecule has 0 unspecified atom stereocenters. The number of nitro benzene ring substituents is 1. The Morgan fingerprint density at radius 2 is 2.00 bits per heavy atom. The van der Waals surface area contributed by atoms with Crippen molar-refractivity contribution >= 4 is 27.3 Å². The summed E-state index contributed by atoms with van der Waals surface area (Å²) in [6.07, 6.45) is 7.33. The number of ether oxygens (including phenoxy) is 1. The van der Waals surface area contributed by atoms with Gasteiger partial charge in [-0.05, 0) is 25.0 Å². The van der Waals surface area contributed by atoms with Gasteiger partial charge in [-0.15, -0.1) is 0 Å².